The van der Waals surface area contributed by atoms with E-state index in [2.05, 4.69) is 0 Å². The Hall–Kier alpha value is -1.33. The van der Waals surface area contributed by atoms with Crippen LogP contribution >= 0.6 is 0 Å². The Bertz CT molecular complexity index is 397. The van der Waals surface area contributed by atoms with E-state index >= 15 is 0 Å². The van der Waals surface area contributed by atoms with Crippen molar-refractivity contribution in [1.82, 2.24) is 4.90 Å². The molecule has 2 rings (SSSR count). The molecule has 1 saturated heterocycles. The third-order valence-electron chi connectivity index (χ3n) is 2.93. The summed E-state index contributed by atoms with van der Waals surface area (Å²) in [6.45, 7) is 1.85. The van der Waals surface area contributed by atoms with Gasteiger partial charge in [-0.05, 0) is 5.56 Å². The molecule has 3 nitrogen and oxygen atoms in total. The molecule has 0 bridgehead atoms. The third-order valence-corrected chi connectivity index (χ3v) is 2.93. The molecule has 1 fully saturated rings. The Balaban J connectivity index is 1.93. The molecule has 1 aliphatic rings. The SMILES string of the molecule is O=C(C(F)F)C1CN(Cc2ccccc2)CCO1. The lowest BCUT2D eigenvalue weighted by Crippen LogP contribution is -2.47. The molecule has 18 heavy (non-hydrogen) atoms. The Morgan fingerprint density at radius 3 is 2.78 bits per heavy atom. The van der Waals surface area contributed by atoms with E-state index in [0.717, 1.165) is 5.56 Å². The van der Waals surface area contributed by atoms with Gasteiger partial charge in [0.05, 0.1) is 6.61 Å². The highest BCUT2D eigenvalue weighted by Gasteiger charge is 2.31. The van der Waals surface area contributed by atoms with Crippen LogP contribution in [-0.4, -0.2) is 42.9 Å². The largest absolute Gasteiger partial charge is 0.368 e. The zero-order valence-corrected chi connectivity index (χ0v) is 9.89. The molecule has 1 unspecified atom stereocenters. The van der Waals surface area contributed by atoms with Gasteiger partial charge in [0, 0.05) is 19.6 Å². The molecule has 0 spiro atoms. The summed E-state index contributed by atoms with van der Waals surface area (Å²) in [4.78, 5) is 13.2. The van der Waals surface area contributed by atoms with Crippen LogP contribution in [0.5, 0.6) is 0 Å². The number of hydrogen-bond donors (Lipinski definition) is 0. The van der Waals surface area contributed by atoms with Gasteiger partial charge in [0.2, 0.25) is 5.78 Å². The van der Waals surface area contributed by atoms with Crippen LogP contribution in [0.25, 0.3) is 0 Å². The first-order chi connectivity index (χ1) is 8.66. The number of ketones is 1. The van der Waals surface area contributed by atoms with E-state index in [1.54, 1.807) is 0 Å². The van der Waals surface area contributed by atoms with E-state index in [1.165, 1.54) is 0 Å². The number of benzene rings is 1. The highest BCUT2D eigenvalue weighted by atomic mass is 19.3. The summed E-state index contributed by atoms with van der Waals surface area (Å²) in [6, 6.07) is 9.72. The number of Topliss-reactive ketones (excluding diaryl/α,β-unsaturated/α-hetero) is 1. The summed E-state index contributed by atoms with van der Waals surface area (Å²) in [5.41, 5.74) is 1.10. The van der Waals surface area contributed by atoms with Crippen molar-refractivity contribution in [1.29, 1.82) is 0 Å². The summed E-state index contributed by atoms with van der Waals surface area (Å²) in [5.74, 6) is -1.12. The van der Waals surface area contributed by atoms with Crippen LogP contribution in [0.1, 0.15) is 5.56 Å². The standard InChI is InChI=1S/C13H15F2NO2/c14-13(15)12(17)11-9-16(6-7-18-11)8-10-4-2-1-3-5-10/h1-5,11,13H,6-9H2. The first-order valence-corrected chi connectivity index (χ1v) is 5.86. The molecule has 0 amide bonds. The van der Waals surface area contributed by atoms with E-state index in [-0.39, 0.29) is 6.54 Å². The van der Waals surface area contributed by atoms with Crippen LogP contribution in [0.3, 0.4) is 0 Å². The normalized spacial score (nSPS) is 21.2. The lowest BCUT2D eigenvalue weighted by atomic mass is 10.1. The van der Waals surface area contributed by atoms with Gasteiger partial charge in [-0.2, -0.15) is 0 Å². The molecule has 1 aliphatic heterocycles. The summed E-state index contributed by atoms with van der Waals surface area (Å²) in [7, 11) is 0. The predicted octanol–water partition coefficient (Wildman–Crippen LogP) is 1.72. The number of morpholine rings is 1. The zero-order chi connectivity index (χ0) is 13.0. The van der Waals surface area contributed by atoms with Crippen molar-refractivity contribution in [2.24, 2.45) is 0 Å². The molecule has 5 heteroatoms. The molecule has 0 aliphatic carbocycles. The van der Waals surface area contributed by atoms with Crippen molar-refractivity contribution >= 4 is 5.78 Å². The molecule has 1 heterocycles. The second-order valence-corrected chi connectivity index (χ2v) is 4.28. The maximum Gasteiger partial charge on any atom is 0.298 e. The van der Waals surface area contributed by atoms with Crippen LogP contribution < -0.4 is 0 Å². The topological polar surface area (TPSA) is 29.5 Å². The minimum atomic E-state index is -2.95. The lowest BCUT2D eigenvalue weighted by Gasteiger charge is -2.31. The van der Waals surface area contributed by atoms with Crippen molar-refractivity contribution in [2.45, 2.75) is 19.1 Å². The van der Waals surface area contributed by atoms with Gasteiger partial charge >= 0.3 is 0 Å². The van der Waals surface area contributed by atoms with Crippen LogP contribution in [0.15, 0.2) is 30.3 Å². The number of alkyl halides is 2. The van der Waals surface area contributed by atoms with Gasteiger partial charge in [0.15, 0.2) is 0 Å². The quantitative estimate of drug-likeness (QED) is 0.820. The first-order valence-electron chi connectivity index (χ1n) is 5.86. The van der Waals surface area contributed by atoms with E-state index in [0.29, 0.717) is 19.7 Å². The van der Waals surface area contributed by atoms with Gasteiger partial charge in [-0.25, -0.2) is 8.78 Å². The fourth-order valence-corrected chi connectivity index (χ4v) is 2.00. The predicted molar refractivity (Wildman–Crippen MR) is 62.5 cm³/mol. The molecule has 0 aromatic heterocycles. The second kappa shape index (κ2) is 6.02. The van der Waals surface area contributed by atoms with Crippen molar-refractivity contribution in [3.05, 3.63) is 35.9 Å². The van der Waals surface area contributed by atoms with Crippen LogP contribution in [0.2, 0.25) is 0 Å². The highest BCUT2D eigenvalue weighted by molar-refractivity contribution is 5.86. The van der Waals surface area contributed by atoms with Gasteiger partial charge in [-0.15, -0.1) is 0 Å². The molecular weight excluding hydrogens is 240 g/mol. The monoisotopic (exact) mass is 255 g/mol. The van der Waals surface area contributed by atoms with E-state index in [1.807, 2.05) is 35.2 Å². The summed E-state index contributed by atoms with van der Waals surface area (Å²) >= 11 is 0. The number of carbonyl (C=O) groups is 1. The van der Waals surface area contributed by atoms with Gasteiger partial charge in [0.25, 0.3) is 6.43 Å². The zero-order valence-electron chi connectivity index (χ0n) is 9.89. The average Bonchev–Trinajstić information content (AvgIpc) is 2.39. The summed E-state index contributed by atoms with van der Waals surface area (Å²) in [6.07, 6.45) is -3.95. The molecule has 0 N–H and O–H groups in total. The summed E-state index contributed by atoms with van der Waals surface area (Å²) < 4.78 is 29.7. The van der Waals surface area contributed by atoms with Gasteiger partial charge in [0.1, 0.15) is 6.10 Å². The fourth-order valence-electron chi connectivity index (χ4n) is 2.00. The molecule has 1 atom stereocenters. The van der Waals surface area contributed by atoms with Crippen molar-refractivity contribution < 1.29 is 18.3 Å². The molecule has 1 aromatic rings. The Kier molecular flexibility index (Phi) is 4.38. The number of halogens is 2. The Labute approximate surface area is 104 Å². The van der Waals surface area contributed by atoms with Crippen LogP contribution in [0, 0.1) is 0 Å². The van der Waals surface area contributed by atoms with Crippen molar-refractivity contribution in [3.63, 3.8) is 0 Å². The number of hydrogen-bond acceptors (Lipinski definition) is 3. The minimum Gasteiger partial charge on any atom is -0.368 e. The smallest absolute Gasteiger partial charge is 0.298 e. The molecule has 98 valence electrons. The van der Waals surface area contributed by atoms with Gasteiger partial charge < -0.3 is 4.74 Å². The number of carbonyl (C=O) groups excluding carboxylic acids is 1. The number of ether oxygens (including phenoxy) is 1. The van der Waals surface area contributed by atoms with E-state index in [4.69, 9.17) is 4.74 Å². The highest BCUT2D eigenvalue weighted by Crippen LogP contribution is 2.13. The lowest BCUT2D eigenvalue weighted by molar-refractivity contribution is -0.147. The van der Waals surface area contributed by atoms with Crippen LogP contribution in [-0.2, 0) is 16.1 Å². The maximum atomic E-state index is 12.3. The summed E-state index contributed by atoms with van der Waals surface area (Å²) in [5, 5.41) is 0. The second-order valence-electron chi connectivity index (χ2n) is 4.28. The fraction of sp³-hybridized carbons (Fsp3) is 0.462. The molecular formula is C13H15F2NO2. The van der Waals surface area contributed by atoms with E-state index in [9.17, 15) is 13.6 Å². The first kappa shape index (κ1) is 13.1. The molecule has 0 radical (unpaired) electrons. The minimum absolute atomic E-state index is 0.234. The van der Waals surface area contributed by atoms with Crippen molar-refractivity contribution in [2.75, 3.05) is 19.7 Å². The Morgan fingerprint density at radius 1 is 1.39 bits per heavy atom. The van der Waals surface area contributed by atoms with Crippen molar-refractivity contribution in [3.8, 4) is 0 Å². The Morgan fingerprint density at radius 2 is 2.11 bits per heavy atom. The van der Waals surface area contributed by atoms with Gasteiger partial charge in [-0.1, -0.05) is 30.3 Å². The molecule has 1 aromatic carbocycles. The maximum absolute atomic E-state index is 12.3. The van der Waals surface area contributed by atoms with Crippen LogP contribution in [0.4, 0.5) is 8.78 Å². The van der Waals surface area contributed by atoms with E-state index < -0.39 is 18.3 Å². The average molecular weight is 255 g/mol. The third kappa shape index (κ3) is 3.34. The van der Waals surface area contributed by atoms with Gasteiger partial charge in [-0.3, -0.25) is 9.69 Å². The number of rotatable bonds is 4. The molecule has 0 saturated carbocycles. The number of nitrogens with zero attached hydrogens (tertiary/aromatic N) is 1.